The summed E-state index contributed by atoms with van der Waals surface area (Å²) >= 11 is 0. The van der Waals surface area contributed by atoms with Gasteiger partial charge in [0.2, 0.25) is 11.4 Å². The lowest BCUT2D eigenvalue weighted by molar-refractivity contribution is -0.181. The first-order valence-corrected chi connectivity index (χ1v) is 12.9. The van der Waals surface area contributed by atoms with E-state index in [1.807, 2.05) is 0 Å². The Labute approximate surface area is 229 Å². The molecule has 4 unspecified atom stereocenters. The van der Waals surface area contributed by atoms with Crippen molar-refractivity contribution in [2.45, 2.75) is 95.7 Å². The Morgan fingerprint density at radius 1 is 0.744 bits per heavy atom. The maximum absolute atomic E-state index is 13.6. The number of nitrogens with one attached hydrogen (secondary N) is 3. The summed E-state index contributed by atoms with van der Waals surface area (Å²) in [4.78, 5) is 78.1. The van der Waals surface area contributed by atoms with E-state index in [0.29, 0.717) is 6.42 Å². The number of rotatable bonds is 19. The van der Waals surface area contributed by atoms with Gasteiger partial charge in [0.15, 0.2) is 34.3 Å². The van der Waals surface area contributed by atoms with Crippen molar-refractivity contribution in [2.75, 3.05) is 21.1 Å². The molecular formula is C26H45N3O10. The van der Waals surface area contributed by atoms with Gasteiger partial charge in [-0.3, -0.25) is 24.0 Å². The predicted molar refractivity (Wildman–Crippen MR) is 141 cm³/mol. The van der Waals surface area contributed by atoms with Gasteiger partial charge in [0, 0.05) is 0 Å². The van der Waals surface area contributed by atoms with Crippen molar-refractivity contribution in [3.8, 4) is 0 Å². The van der Waals surface area contributed by atoms with Gasteiger partial charge in [0.25, 0.3) is 0 Å². The van der Waals surface area contributed by atoms with E-state index in [1.54, 1.807) is 27.7 Å². The average Bonchev–Trinajstić information content (AvgIpc) is 2.86. The maximum atomic E-state index is 13.6. The second-order valence-corrected chi connectivity index (χ2v) is 10.6. The number of carbonyl (C=O) groups is 6. The molecule has 7 atom stereocenters. The van der Waals surface area contributed by atoms with Crippen LogP contribution in [0.15, 0.2) is 0 Å². The highest BCUT2D eigenvalue weighted by Gasteiger charge is 2.61. The topological polar surface area (TPSA) is 219 Å². The van der Waals surface area contributed by atoms with Crippen LogP contribution in [-0.4, -0.2) is 111 Å². The fraction of sp³-hybridized carbons (Fsp3) is 0.769. The van der Waals surface area contributed by atoms with E-state index >= 15 is 0 Å². The van der Waals surface area contributed by atoms with Crippen molar-refractivity contribution >= 4 is 34.9 Å². The molecule has 13 nitrogen and oxygen atoms in total. The van der Waals surface area contributed by atoms with Gasteiger partial charge in [-0.15, -0.1) is 0 Å². The van der Waals surface area contributed by atoms with Crippen LogP contribution in [0, 0.1) is 11.8 Å². The molecule has 0 aromatic rings. The van der Waals surface area contributed by atoms with Crippen molar-refractivity contribution in [1.29, 1.82) is 0 Å². The van der Waals surface area contributed by atoms with Gasteiger partial charge in [-0.05, 0) is 46.8 Å². The van der Waals surface area contributed by atoms with Crippen LogP contribution in [0.3, 0.4) is 0 Å². The second kappa shape index (κ2) is 14.3. The zero-order valence-electron chi connectivity index (χ0n) is 24.2. The number of hydrogen-bond donors (Lipinski definition) is 7. The minimum Gasteiger partial charge on any atom is -0.479 e. The highest BCUT2D eigenvalue weighted by atomic mass is 16.4. The minimum absolute atomic E-state index is 0.329. The zero-order chi connectivity index (χ0) is 31.1. The van der Waals surface area contributed by atoms with Crippen LogP contribution in [0.25, 0.3) is 0 Å². The first-order valence-electron chi connectivity index (χ1n) is 12.9. The van der Waals surface area contributed by atoms with Gasteiger partial charge in [0.05, 0.1) is 31.0 Å². The molecule has 0 heterocycles. The Hall–Kier alpha value is -2.42. The van der Waals surface area contributed by atoms with Crippen LogP contribution in [0.4, 0.5) is 0 Å². The molecule has 7 N–H and O–H groups in total. The molecule has 0 saturated heterocycles. The number of aliphatic hydroxyl groups is 3. The molecule has 0 saturated carbocycles. The van der Waals surface area contributed by atoms with E-state index in [2.05, 4.69) is 16.0 Å². The van der Waals surface area contributed by atoms with Crippen LogP contribution in [0.1, 0.15) is 60.8 Å². The van der Waals surface area contributed by atoms with Crippen LogP contribution >= 0.6 is 0 Å². The molecule has 0 aromatic heterocycles. The van der Waals surface area contributed by atoms with Crippen LogP contribution < -0.4 is 16.0 Å². The van der Waals surface area contributed by atoms with E-state index in [0.717, 1.165) is 6.92 Å². The third-order valence-corrected chi connectivity index (χ3v) is 7.34. The molecule has 0 spiro atoms. The molecule has 0 aromatic carbocycles. The zero-order valence-corrected chi connectivity index (χ0v) is 24.2. The molecule has 0 rings (SSSR count). The molecule has 0 bridgehead atoms. The average molecular weight is 560 g/mol. The van der Waals surface area contributed by atoms with Crippen molar-refractivity contribution in [3.63, 3.8) is 0 Å². The summed E-state index contributed by atoms with van der Waals surface area (Å²) < 4.78 is 0. The van der Waals surface area contributed by atoms with Crippen molar-refractivity contribution in [3.05, 3.63) is 0 Å². The summed E-state index contributed by atoms with van der Waals surface area (Å²) in [7, 11) is 4.13. The summed E-state index contributed by atoms with van der Waals surface area (Å²) in [6, 6.07) is -3.33. The molecule has 0 aliphatic heterocycles. The van der Waals surface area contributed by atoms with E-state index in [4.69, 9.17) is 0 Å². The molecule has 0 aliphatic rings. The molecule has 39 heavy (non-hydrogen) atoms. The summed E-state index contributed by atoms with van der Waals surface area (Å²) in [5.41, 5.74) is -9.94. The largest absolute Gasteiger partial charge is 0.479 e. The van der Waals surface area contributed by atoms with Crippen LogP contribution in [-0.2, 0) is 28.8 Å². The van der Waals surface area contributed by atoms with Crippen molar-refractivity contribution < 1.29 is 49.2 Å². The summed E-state index contributed by atoms with van der Waals surface area (Å²) in [5.74, 6) is -9.74. The smallest absolute Gasteiger partial charge is 0.344 e. The number of carbonyl (C=O) groups excluding carboxylic acids is 5. The SMILES string of the molecule is CCC(C)[C@H](NC)C(=O)CC(O)(C(=O)O)C(=O)C(O)(CC(=O)C(C)(O)C(=O)[C@@H](NC)C(C)C)C(=O)[C@H](C)NC. The van der Waals surface area contributed by atoms with Crippen molar-refractivity contribution in [1.82, 2.24) is 16.0 Å². The molecule has 0 amide bonds. The highest BCUT2D eigenvalue weighted by Crippen LogP contribution is 2.30. The lowest BCUT2D eigenvalue weighted by Crippen LogP contribution is -2.66. The summed E-state index contributed by atoms with van der Waals surface area (Å²) in [6.45, 7) is 8.76. The molecular weight excluding hydrogens is 514 g/mol. The fourth-order valence-electron chi connectivity index (χ4n) is 4.34. The van der Waals surface area contributed by atoms with E-state index in [1.165, 1.54) is 28.1 Å². The number of ketones is 5. The van der Waals surface area contributed by atoms with E-state index in [9.17, 15) is 49.2 Å². The van der Waals surface area contributed by atoms with E-state index < -0.39 is 82.7 Å². The summed E-state index contributed by atoms with van der Waals surface area (Å²) in [6.07, 6.45) is -2.37. The second-order valence-electron chi connectivity index (χ2n) is 10.6. The molecule has 0 fully saturated rings. The summed E-state index contributed by atoms with van der Waals surface area (Å²) in [5, 5.41) is 50.8. The minimum atomic E-state index is -3.61. The number of Topliss-reactive ketones (excluding diaryl/α,β-unsaturated/α-hetero) is 5. The molecule has 13 heteroatoms. The van der Waals surface area contributed by atoms with Gasteiger partial charge in [-0.1, -0.05) is 34.1 Å². The predicted octanol–water partition coefficient (Wildman–Crippen LogP) is -1.60. The monoisotopic (exact) mass is 559 g/mol. The Balaban J connectivity index is 6.78. The Bertz CT molecular complexity index is 950. The Kier molecular flexibility index (Phi) is 13.4. The standard InChI is InChI=1S/C26H45N3O10/c1-10-14(4)19(29-9)16(30)11-26(39,23(35)36)22(34)25(38,20(32)15(5)27-7)12-17(31)24(6,37)21(33)18(28-8)13(2)3/h13-15,18-19,27-29,37-39H,10-12H2,1-9H3,(H,35,36)/t14?,15-,18-,19-,24?,25?,26?/m0/s1. The van der Waals surface area contributed by atoms with Gasteiger partial charge < -0.3 is 36.4 Å². The lowest BCUT2D eigenvalue weighted by Gasteiger charge is -2.36. The molecule has 0 radical (unpaired) electrons. The van der Waals surface area contributed by atoms with Gasteiger partial charge in [-0.2, -0.15) is 0 Å². The van der Waals surface area contributed by atoms with Gasteiger partial charge in [0.1, 0.15) is 0 Å². The lowest BCUT2D eigenvalue weighted by atomic mass is 9.72. The normalized spacial score (nSPS) is 19.5. The number of carboxylic acid groups (broad SMARTS) is 1. The highest BCUT2D eigenvalue weighted by molar-refractivity contribution is 6.25. The van der Waals surface area contributed by atoms with Gasteiger partial charge in [-0.25, -0.2) is 4.79 Å². The maximum Gasteiger partial charge on any atom is 0.344 e. The number of carboxylic acids is 1. The molecule has 0 aliphatic carbocycles. The van der Waals surface area contributed by atoms with Crippen LogP contribution in [0.2, 0.25) is 0 Å². The fourth-order valence-corrected chi connectivity index (χ4v) is 4.34. The van der Waals surface area contributed by atoms with Crippen molar-refractivity contribution in [2.24, 2.45) is 11.8 Å². The van der Waals surface area contributed by atoms with Gasteiger partial charge >= 0.3 is 5.97 Å². The number of hydrogen-bond acceptors (Lipinski definition) is 12. The Morgan fingerprint density at radius 2 is 1.23 bits per heavy atom. The first-order chi connectivity index (χ1) is 17.7. The quantitative estimate of drug-likeness (QED) is 0.0887. The first kappa shape index (κ1) is 36.6. The third-order valence-electron chi connectivity index (χ3n) is 7.34. The Morgan fingerprint density at radius 3 is 1.59 bits per heavy atom. The van der Waals surface area contributed by atoms with Crippen LogP contribution in [0.5, 0.6) is 0 Å². The van der Waals surface area contributed by atoms with E-state index in [-0.39, 0.29) is 11.8 Å². The molecule has 224 valence electrons. The third kappa shape index (κ3) is 7.83. The number of aliphatic carboxylic acids is 1. The number of likely N-dealkylation sites (N-methyl/N-ethyl adjacent to an activating group) is 3.